The van der Waals surface area contributed by atoms with Gasteiger partial charge in [0.15, 0.2) is 5.78 Å². The summed E-state index contributed by atoms with van der Waals surface area (Å²) in [6.07, 6.45) is 2.88. The fourth-order valence-electron chi connectivity index (χ4n) is 7.41. The number of nitrogens with one attached hydrogen (secondary N) is 2. The number of carbonyl (C=O) groups excluding carboxylic acids is 5. The topological polar surface area (TPSA) is 130 Å². The monoisotopic (exact) mass is 753 g/mol. The summed E-state index contributed by atoms with van der Waals surface area (Å²) in [6, 6.07) is 14.9. The minimum Gasteiger partial charge on any atom is -0.444 e. The van der Waals surface area contributed by atoms with Crippen LogP contribution in [-0.2, 0) is 43.3 Å². The van der Waals surface area contributed by atoms with Crippen molar-refractivity contribution in [3.63, 3.8) is 0 Å². The largest absolute Gasteiger partial charge is 0.444 e. The highest BCUT2D eigenvalue weighted by molar-refractivity contribution is 7.07. The summed E-state index contributed by atoms with van der Waals surface area (Å²) in [5.41, 5.74) is 2.99. The molecular formula is C42H51N5O6S. The fourth-order valence-corrected chi connectivity index (χ4v) is 8.07. The van der Waals surface area contributed by atoms with Crippen LogP contribution >= 0.6 is 11.3 Å². The van der Waals surface area contributed by atoms with Crippen molar-refractivity contribution in [2.75, 3.05) is 16.3 Å². The lowest BCUT2D eigenvalue weighted by atomic mass is 9.85. The molecule has 6 rings (SSSR count). The van der Waals surface area contributed by atoms with Crippen molar-refractivity contribution in [2.45, 2.75) is 110 Å². The minimum absolute atomic E-state index is 0.0325. The van der Waals surface area contributed by atoms with Gasteiger partial charge in [0, 0.05) is 54.9 Å². The predicted octanol–water partition coefficient (Wildman–Crippen LogP) is 7.11. The average Bonchev–Trinajstić information content (AvgIpc) is 3.85. The van der Waals surface area contributed by atoms with Gasteiger partial charge in [-0.15, -0.1) is 0 Å². The summed E-state index contributed by atoms with van der Waals surface area (Å²) in [5.74, 6) is -1.71. The number of Topliss-reactive ketones (excluding diaryl/α,β-unsaturated/α-hetero) is 1. The van der Waals surface area contributed by atoms with Gasteiger partial charge in [0.2, 0.25) is 17.7 Å². The third kappa shape index (κ3) is 8.38. The smallest absolute Gasteiger partial charge is 0.408 e. The number of carbonyl (C=O) groups is 5. The molecule has 0 saturated carbocycles. The van der Waals surface area contributed by atoms with E-state index in [0.717, 1.165) is 39.7 Å². The molecule has 12 heteroatoms. The molecule has 286 valence electrons. The maximum Gasteiger partial charge on any atom is 0.408 e. The first-order valence-corrected chi connectivity index (χ1v) is 19.6. The number of para-hydroxylation sites is 2. The Morgan fingerprint density at radius 3 is 2.43 bits per heavy atom. The summed E-state index contributed by atoms with van der Waals surface area (Å²) >= 11 is 1.54. The molecule has 4 aromatic rings. The van der Waals surface area contributed by atoms with Crippen molar-refractivity contribution < 1.29 is 28.7 Å². The molecule has 1 fully saturated rings. The molecule has 0 aliphatic carbocycles. The van der Waals surface area contributed by atoms with Crippen LogP contribution in [0.25, 0.3) is 10.9 Å². The molecule has 1 saturated heterocycles. The van der Waals surface area contributed by atoms with E-state index in [-0.39, 0.29) is 36.5 Å². The average molecular weight is 754 g/mol. The number of nitrogens with zero attached hydrogens (tertiary/aromatic N) is 3. The van der Waals surface area contributed by atoms with E-state index in [1.165, 1.54) is 0 Å². The number of alkyl carbamates (subject to hydrolysis) is 1. The number of aromatic nitrogens is 1. The van der Waals surface area contributed by atoms with Gasteiger partial charge in [-0.3, -0.25) is 19.2 Å². The van der Waals surface area contributed by atoms with Gasteiger partial charge in [-0.2, -0.15) is 11.3 Å². The second-order valence-electron chi connectivity index (χ2n) is 16.2. The van der Waals surface area contributed by atoms with Gasteiger partial charge in [0.1, 0.15) is 11.1 Å². The van der Waals surface area contributed by atoms with Crippen molar-refractivity contribution in [3.05, 3.63) is 82.2 Å². The van der Waals surface area contributed by atoms with Crippen LogP contribution < -0.4 is 20.4 Å². The summed E-state index contributed by atoms with van der Waals surface area (Å²) in [6.45, 7) is 13.4. The molecule has 2 aliphatic rings. The van der Waals surface area contributed by atoms with Crippen LogP contribution in [-0.4, -0.2) is 57.9 Å². The second-order valence-corrected chi connectivity index (χ2v) is 17.0. The van der Waals surface area contributed by atoms with Gasteiger partial charge in [-0.1, -0.05) is 30.3 Å². The third-order valence-electron chi connectivity index (χ3n) is 10.1. The molecule has 54 heavy (non-hydrogen) atoms. The van der Waals surface area contributed by atoms with E-state index >= 15 is 0 Å². The number of hydrogen-bond donors (Lipinski definition) is 2. The van der Waals surface area contributed by atoms with Gasteiger partial charge in [-0.25, -0.2) is 4.79 Å². The molecule has 2 N–H and O–H groups in total. The van der Waals surface area contributed by atoms with Crippen molar-refractivity contribution in [2.24, 2.45) is 5.92 Å². The van der Waals surface area contributed by atoms with Crippen LogP contribution in [0.3, 0.4) is 0 Å². The number of ketones is 1. The Labute approximate surface area is 321 Å². The Bertz CT molecular complexity index is 2060. The zero-order chi connectivity index (χ0) is 38.9. The Balaban J connectivity index is 1.32. The lowest BCUT2D eigenvalue weighted by molar-refractivity contribution is -0.132. The number of rotatable bonds is 12. The molecule has 4 heterocycles. The number of fused-ring (bicyclic) bond motifs is 2. The van der Waals surface area contributed by atoms with Crippen LogP contribution in [0.5, 0.6) is 0 Å². The molecule has 0 radical (unpaired) electrons. The maximum absolute atomic E-state index is 14.6. The molecule has 2 aromatic carbocycles. The highest BCUT2D eigenvalue weighted by Crippen LogP contribution is 2.42. The van der Waals surface area contributed by atoms with E-state index in [1.807, 2.05) is 65.5 Å². The zero-order valence-electron chi connectivity index (χ0n) is 32.2. The molecule has 4 amide bonds. The highest BCUT2D eigenvalue weighted by Gasteiger charge is 2.40. The molecule has 2 aromatic heterocycles. The van der Waals surface area contributed by atoms with E-state index in [0.29, 0.717) is 31.6 Å². The van der Waals surface area contributed by atoms with E-state index in [9.17, 15) is 24.0 Å². The Morgan fingerprint density at radius 2 is 1.76 bits per heavy atom. The van der Waals surface area contributed by atoms with Crippen molar-refractivity contribution in [3.8, 4) is 0 Å². The molecular weight excluding hydrogens is 703 g/mol. The molecule has 0 bridgehead atoms. The van der Waals surface area contributed by atoms with Crippen molar-refractivity contribution in [1.82, 2.24) is 15.2 Å². The molecule has 1 unspecified atom stereocenters. The maximum atomic E-state index is 14.6. The van der Waals surface area contributed by atoms with Gasteiger partial charge in [0.05, 0.1) is 24.0 Å². The minimum atomic E-state index is -1.42. The van der Waals surface area contributed by atoms with Crippen molar-refractivity contribution in [1.29, 1.82) is 0 Å². The summed E-state index contributed by atoms with van der Waals surface area (Å²) in [5, 5.41) is 10.5. The first kappa shape index (κ1) is 38.7. The second kappa shape index (κ2) is 15.4. The Hall–Kier alpha value is -4.97. The van der Waals surface area contributed by atoms with Crippen LogP contribution in [0, 0.1) is 5.92 Å². The number of amides is 4. The number of hydrogen-bond acceptors (Lipinski definition) is 7. The number of benzene rings is 2. The third-order valence-corrected chi connectivity index (χ3v) is 10.8. The summed E-state index contributed by atoms with van der Waals surface area (Å²) in [4.78, 5) is 72.3. The molecule has 2 atom stereocenters. The standard InChI is InChI=1S/C42H51N5O6S/c1-26(2)46-24-30(31-13-8-9-14-33(31)46)21-32(43-39(51)42(6,7)44-40(52)53-41(3,4)5)35(48)22-29-20-28-12-10-15-34(45-18-11-16-36(45)49)37(28)47(38(29)50)23-27-17-19-54-25-27/h8-10,12-15,17,19,24-26,29,32H,11,16,18,20-23H2,1-7H3,(H,43,51)(H,44,52)/t29?,32-/m1/s1. The van der Waals surface area contributed by atoms with E-state index in [4.69, 9.17) is 4.74 Å². The zero-order valence-corrected chi connectivity index (χ0v) is 33.0. The Morgan fingerprint density at radius 1 is 1.00 bits per heavy atom. The van der Waals surface area contributed by atoms with Crippen LogP contribution in [0.4, 0.5) is 16.2 Å². The van der Waals surface area contributed by atoms with E-state index in [1.54, 1.807) is 55.8 Å². The quantitative estimate of drug-likeness (QED) is 0.159. The molecule has 0 spiro atoms. The van der Waals surface area contributed by atoms with Crippen molar-refractivity contribution >= 4 is 63.2 Å². The van der Waals surface area contributed by atoms with Gasteiger partial charge >= 0.3 is 6.09 Å². The highest BCUT2D eigenvalue weighted by atomic mass is 32.1. The summed E-state index contributed by atoms with van der Waals surface area (Å²) in [7, 11) is 0. The van der Waals surface area contributed by atoms with Gasteiger partial charge in [-0.05, 0) is 107 Å². The number of ether oxygens (including phenoxy) is 1. The van der Waals surface area contributed by atoms with Crippen LogP contribution in [0.2, 0.25) is 0 Å². The predicted molar refractivity (Wildman–Crippen MR) is 212 cm³/mol. The summed E-state index contributed by atoms with van der Waals surface area (Å²) < 4.78 is 7.56. The first-order valence-electron chi connectivity index (χ1n) is 18.7. The molecule has 2 aliphatic heterocycles. The fraction of sp³-hybridized carbons (Fsp3) is 0.452. The number of thiophene rings is 1. The first-order chi connectivity index (χ1) is 25.5. The molecule has 11 nitrogen and oxygen atoms in total. The Kier molecular flexibility index (Phi) is 11.1. The SMILES string of the molecule is CC(C)n1cc(C[C@@H](NC(=O)C(C)(C)NC(=O)OC(C)(C)C)C(=O)CC2Cc3cccc(N4CCCC4=O)c3N(Cc3ccsc3)C2=O)c2ccccc21. The van der Waals surface area contributed by atoms with Gasteiger partial charge < -0.3 is 29.7 Å². The van der Waals surface area contributed by atoms with Crippen LogP contribution in [0.15, 0.2) is 65.5 Å². The van der Waals surface area contributed by atoms with Gasteiger partial charge in [0.25, 0.3) is 0 Å². The van der Waals surface area contributed by atoms with E-state index in [2.05, 4.69) is 29.0 Å². The number of anilines is 2. The van der Waals surface area contributed by atoms with E-state index < -0.39 is 35.1 Å². The lowest BCUT2D eigenvalue weighted by Gasteiger charge is -2.37. The normalized spacial score (nSPS) is 16.9. The lowest BCUT2D eigenvalue weighted by Crippen LogP contribution is -2.59. The van der Waals surface area contributed by atoms with Crippen LogP contribution in [0.1, 0.15) is 90.5 Å².